The summed E-state index contributed by atoms with van der Waals surface area (Å²) in [5.74, 6) is -0.675. The summed E-state index contributed by atoms with van der Waals surface area (Å²) in [6.07, 6.45) is -4.28. The van der Waals surface area contributed by atoms with Gasteiger partial charge in [-0.25, -0.2) is 8.42 Å². The van der Waals surface area contributed by atoms with Gasteiger partial charge in [0.25, 0.3) is 15.9 Å². The van der Waals surface area contributed by atoms with E-state index in [1.165, 1.54) is 36.4 Å². The van der Waals surface area contributed by atoms with Crippen LogP contribution in [-0.4, -0.2) is 31.1 Å². The van der Waals surface area contributed by atoms with Crippen LogP contribution in [0.4, 0.5) is 18.9 Å². The predicted octanol–water partition coefficient (Wildman–Crippen LogP) is 5.04. The molecule has 0 aliphatic carbocycles. The van der Waals surface area contributed by atoms with Crippen LogP contribution in [0, 0.1) is 0 Å². The molecular formula is C26H21F3N2O5S. The number of alkyl halides is 3. The maximum Gasteiger partial charge on any atom is 0.416 e. The van der Waals surface area contributed by atoms with Crippen molar-refractivity contribution in [2.45, 2.75) is 17.5 Å². The SMILES string of the molecule is O=C(NCCc1ccc(NS(=O)(=O)c2cccc(C(F)(F)F)c2)cc1)c1cc2cc(O)ccc2cc1O. The van der Waals surface area contributed by atoms with E-state index in [1.807, 2.05) is 0 Å². The summed E-state index contributed by atoms with van der Waals surface area (Å²) in [4.78, 5) is 12.0. The number of halogens is 3. The zero-order valence-electron chi connectivity index (χ0n) is 19.1. The average Bonchev–Trinajstić information content (AvgIpc) is 2.84. The van der Waals surface area contributed by atoms with Gasteiger partial charge in [0.05, 0.1) is 16.0 Å². The maximum absolute atomic E-state index is 12.9. The largest absolute Gasteiger partial charge is 0.508 e. The van der Waals surface area contributed by atoms with Crippen LogP contribution in [0.2, 0.25) is 0 Å². The van der Waals surface area contributed by atoms with Gasteiger partial charge in [-0.15, -0.1) is 0 Å². The molecule has 4 N–H and O–H groups in total. The highest BCUT2D eigenvalue weighted by molar-refractivity contribution is 7.92. The summed E-state index contributed by atoms with van der Waals surface area (Å²) < 4.78 is 66.0. The number of hydrogen-bond donors (Lipinski definition) is 4. The second-order valence-electron chi connectivity index (χ2n) is 8.23. The lowest BCUT2D eigenvalue weighted by molar-refractivity contribution is -0.137. The van der Waals surface area contributed by atoms with Crippen molar-refractivity contribution >= 4 is 32.4 Å². The molecule has 11 heteroatoms. The molecule has 0 atom stereocenters. The van der Waals surface area contributed by atoms with Crippen LogP contribution in [-0.2, 0) is 22.6 Å². The zero-order valence-corrected chi connectivity index (χ0v) is 19.9. The Balaban J connectivity index is 1.37. The Morgan fingerprint density at radius 3 is 2.30 bits per heavy atom. The Morgan fingerprint density at radius 1 is 0.865 bits per heavy atom. The number of anilines is 1. The van der Waals surface area contributed by atoms with Gasteiger partial charge >= 0.3 is 6.18 Å². The van der Waals surface area contributed by atoms with E-state index in [2.05, 4.69) is 10.0 Å². The molecule has 4 rings (SSSR count). The fourth-order valence-corrected chi connectivity index (χ4v) is 4.77. The molecule has 0 aromatic heterocycles. The molecule has 1 amide bonds. The fraction of sp³-hybridized carbons (Fsp3) is 0.115. The van der Waals surface area contributed by atoms with Crippen LogP contribution in [0.5, 0.6) is 11.5 Å². The van der Waals surface area contributed by atoms with E-state index in [0.717, 1.165) is 23.8 Å². The minimum Gasteiger partial charge on any atom is -0.508 e. The smallest absolute Gasteiger partial charge is 0.416 e. The number of hydrogen-bond acceptors (Lipinski definition) is 5. The van der Waals surface area contributed by atoms with Gasteiger partial charge < -0.3 is 15.5 Å². The van der Waals surface area contributed by atoms with E-state index in [0.29, 0.717) is 23.3 Å². The summed E-state index contributed by atoms with van der Waals surface area (Å²) >= 11 is 0. The second kappa shape index (κ2) is 10.0. The highest BCUT2D eigenvalue weighted by atomic mass is 32.2. The zero-order chi connectivity index (χ0) is 26.8. The summed E-state index contributed by atoms with van der Waals surface area (Å²) in [5.41, 5.74) is -0.0927. The molecule has 0 bridgehead atoms. The standard InChI is InChI=1S/C26H21F3N2O5S/c27-26(28,29)19-2-1-3-22(15-19)37(35,36)31-20-7-4-16(5-8-20)10-11-30-25(34)23-13-18-12-21(32)9-6-17(18)14-24(23)33/h1-9,12-15,31-33H,10-11H2,(H,30,34). The van der Waals surface area contributed by atoms with E-state index >= 15 is 0 Å². The Labute approximate surface area is 210 Å². The molecule has 4 aromatic rings. The molecule has 0 aliphatic heterocycles. The first-order chi connectivity index (χ1) is 17.4. The van der Waals surface area contributed by atoms with E-state index in [9.17, 15) is 36.6 Å². The third kappa shape index (κ3) is 6.12. The van der Waals surface area contributed by atoms with Crippen LogP contribution in [0.25, 0.3) is 10.8 Å². The highest BCUT2D eigenvalue weighted by Crippen LogP contribution is 2.31. The second-order valence-corrected chi connectivity index (χ2v) is 9.92. The molecule has 0 saturated heterocycles. The van der Waals surface area contributed by atoms with E-state index in [1.54, 1.807) is 18.2 Å². The van der Waals surface area contributed by atoms with Gasteiger partial charge in [-0.05, 0) is 77.4 Å². The number of rotatable bonds is 7. The molecule has 4 aromatic carbocycles. The Morgan fingerprint density at radius 2 is 1.59 bits per heavy atom. The van der Waals surface area contributed by atoms with Gasteiger partial charge in [0, 0.05) is 12.2 Å². The van der Waals surface area contributed by atoms with Crippen LogP contribution in [0.15, 0.2) is 83.8 Å². The van der Waals surface area contributed by atoms with Gasteiger partial charge in [-0.3, -0.25) is 9.52 Å². The van der Waals surface area contributed by atoms with Gasteiger partial charge in [0.15, 0.2) is 0 Å². The molecule has 0 saturated carbocycles. The number of aromatic hydroxyl groups is 2. The topological polar surface area (TPSA) is 116 Å². The van der Waals surface area contributed by atoms with Crippen molar-refractivity contribution in [2.24, 2.45) is 0 Å². The number of benzene rings is 4. The molecule has 0 aliphatic rings. The summed E-state index contributed by atoms with van der Waals surface area (Å²) in [6.45, 7) is 0.214. The third-order valence-electron chi connectivity index (χ3n) is 5.56. The number of fused-ring (bicyclic) bond motifs is 1. The number of phenolic OH excluding ortho intramolecular Hbond substituents is 2. The van der Waals surface area contributed by atoms with Crippen LogP contribution in [0.3, 0.4) is 0 Å². The minimum absolute atomic E-state index is 0.0325. The van der Waals surface area contributed by atoms with Gasteiger partial charge in [-0.2, -0.15) is 13.2 Å². The number of nitrogens with one attached hydrogen (secondary N) is 2. The predicted molar refractivity (Wildman–Crippen MR) is 132 cm³/mol. The molecule has 0 unspecified atom stereocenters. The van der Waals surface area contributed by atoms with Gasteiger partial charge in [0.1, 0.15) is 11.5 Å². The normalized spacial score (nSPS) is 11.9. The molecule has 0 radical (unpaired) electrons. The first-order valence-corrected chi connectivity index (χ1v) is 12.4. The lowest BCUT2D eigenvalue weighted by Crippen LogP contribution is -2.25. The highest BCUT2D eigenvalue weighted by Gasteiger charge is 2.31. The Bertz CT molecular complexity index is 1570. The van der Waals surface area contributed by atoms with Crippen LogP contribution >= 0.6 is 0 Å². The summed E-state index contributed by atoms with van der Waals surface area (Å²) in [6, 6.07) is 17.1. The van der Waals surface area contributed by atoms with Gasteiger partial charge in [-0.1, -0.05) is 24.3 Å². The molecule has 0 spiro atoms. The number of phenols is 2. The van der Waals surface area contributed by atoms with Crippen molar-refractivity contribution < 1.29 is 36.6 Å². The molecule has 7 nitrogen and oxygen atoms in total. The van der Waals surface area contributed by atoms with E-state index < -0.39 is 32.6 Å². The van der Waals surface area contributed by atoms with Crippen molar-refractivity contribution in [3.05, 3.63) is 95.6 Å². The lowest BCUT2D eigenvalue weighted by atomic mass is 10.0. The number of amides is 1. The van der Waals surface area contributed by atoms with E-state index in [4.69, 9.17) is 0 Å². The quantitative estimate of drug-likeness (QED) is 0.267. The lowest BCUT2D eigenvalue weighted by Gasteiger charge is -2.12. The molecule has 37 heavy (non-hydrogen) atoms. The van der Waals surface area contributed by atoms with Crippen molar-refractivity contribution in [3.8, 4) is 11.5 Å². The molecular weight excluding hydrogens is 509 g/mol. The first-order valence-electron chi connectivity index (χ1n) is 11.0. The summed E-state index contributed by atoms with van der Waals surface area (Å²) in [5, 5.41) is 23.8. The molecule has 0 heterocycles. The fourth-order valence-electron chi connectivity index (χ4n) is 3.66. The van der Waals surface area contributed by atoms with E-state index in [-0.39, 0.29) is 29.3 Å². The average molecular weight is 531 g/mol. The van der Waals surface area contributed by atoms with Crippen molar-refractivity contribution in [2.75, 3.05) is 11.3 Å². The van der Waals surface area contributed by atoms with Crippen molar-refractivity contribution in [3.63, 3.8) is 0 Å². The maximum atomic E-state index is 12.9. The minimum atomic E-state index is -4.67. The monoisotopic (exact) mass is 530 g/mol. The Kier molecular flexibility index (Phi) is 6.99. The number of sulfonamides is 1. The van der Waals surface area contributed by atoms with Crippen molar-refractivity contribution in [1.82, 2.24) is 5.32 Å². The summed E-state index contributed by atoms with van der Waals surface area (Å²) in [7, 11) is -4.24. The first kappa shape index (κ1) is 25.8. The van der Waals surface area contributed by atoms with Crippen LogP contribution < -0.4 is 10.0 Å². The van der Waals surface area contributed by atoms with Crippen LogP contribution in [0.1, 0.15) is 21.5 Å². The number of carbonyl (C=O) groups excluding carboxylic acids is 1. The number of carbonyl (C=O) groups is 1. The van der Waals surface area contributed by atoms with Crippen molar-refractivity contribution in [1.29, 1.82) is 0 Å². The molecule has 192 valence electrons. The Hall–Kier alpha value is -4.25. The molecule has 0 fully saturated rings. The van der Waals surface area contributed by atoms with Gasteiger partial charge in [0.2, 0.25) is 0 Å². The third-order valence-corrected chi connectivity index (χ3v) is 6.94.